The molecular weight excluding hydrogens is 298 g/mol. The first kappa shape index (κ1) is 15.2. The van der Waals surface area contributed by atoms with Gasteiger partial charge < -0.3 is 10.2 Å². The van der Waals surface area contributed by atoms with Gasteiger partial charge in [-0.25, -0.2) is 4.79 Å². The van der Waals surface area contributed by atoms with Crippen molar-refractivity contribution < 1.29 is 4.79 Å². The minimum absolute atomic E-state index is 0.0135. The fourth-order valence-electron chi connectivity index (χ4n) is 4.02. The van der Waals surface area contributed by atoms with Crippen molar-refractivity contribution in [2.75, 3.05) is 6.54 Å². The molecule has 0 spiro atoms. The van der Waals surface area contributed by atoms with E-state index in [1.54, 1.807) is 6.20 Å². The van der Waals surface area contributed by atoms with Crippen LogP contribution in [0.25, 0.3) is 11.1 Å². The molecule has 0 radical (unpaired) electrons. The van der Waals surface area contributed by atoms with Crippen LogP contribution in [0.1, 0.15) is 37.8 Å². The third-order valence-corrected chi connectivity index (χ3v) is 5.42. The Labute approximate surface area is 142 Å². The molecule has 2 aromatic rings. The number of nitrogens with one attached hydrogen (secondary N) is 1. The van der Waals surface area contributed by atoms with Crippen molar-refractivity contribution in [3.8, 4) is 11.1 Å². The maximum atomic E-state index is 12.5. The summed E-state index contributed by atoms with van der Waals surface area (Å²) in [6, 6.07) is 12.9. The van der Waals surface area contributed by atoms with Crippen molar-refractivity contribution in [3.63, 3.8) is 0 Å². The number of hydrogen-bond donors (Lipinski definition) is 1. The molecule has 0 unspecified atom stereocenters. The molecule has 3 atom stereocenters. The first-order valence-electron chi connectivity index (χ1n) is 8.78. The number of hydrogen-bond acceptors (Lipinski definition) is 2. The molecule has 4 nitrogen and oxygen atoms in total. The lowest BCUT2D eigenvalue weighted by Crippen LogP contribution is -2.45. The summed E-state index contributed by atoms with van der Waals surface area (Å²) in [5.41, 5.74) is 3.37. The first-order chi connectivity index (χ1) is 11.7. The van der Waals surface area contributed by atoms with Crippen LogP contribution in [-0.2, 0) is 0 Å². The molecular formula is C20H23N3O. The van der Waals surface area contributed by atoms with Crippen molar-refractivity contribution >= 4 is 6.03 Å². The number of likely N-dealkylation sites (tertiary alicyclic amines) is 1. The van der Waals surface area contributed by atoms with Crippen LogP contribution in [0.5, 0.6) is 0 Å². The molecule has 4 heteroatoms. The number of amides is 2. The molecule has 24 heavy (non-hydrogen) atoms. The zero-order valence-corrected chi connectivity index (χ0v) is 14.0. The van der Waals surface area contributed by atoms with Gasteiger partial charge in [-0.2, -0.15) is 0 Å². The summed E-state index contributed by atoms with van der Waals surface area (Å²) in [5, 5.41) is 3.16. The molecule has 2 amide bonds. The van der Waals surface area contributed by atoms with Gasteiger partial charge in [-0.3, -0.25) is 4.98 Å². The van der Waals surface area contributed by atoms with E-state index in [2.05, 4.69) is 40.6 Å². The lowest BCUT2D eigenvalue weighted by atomic mass is 10.0. The second-order valence-corrected chi connectivity index (χ2v) is 7.02. The number of carbonyl (C=O) groups excluding carboxylic acids is 1. The first-order valence-corrected chi connectivity index (χ1v) is 8.78. The number of rotatable bonds is 3. The highest BCUT2D eigenvalue weighted by molar-refractivity contribution is 5.75. The number of carbonyl (C=O) groups is 1. The van der Waals surface area contributed by atoms with Crippen LogP contribution in [0.15, 0.2) is 48.8 Å². The Kier molecular flexibility index (Phi) is 3.97. The molecule has 2 heterocycles. The van der Waals surface area contributed by atoms with Crippen molar-refractivity contribution in [2.45, 2.75) is 38.3 Å². The van der Waals surface area contributed by atoms with Crippen LogP contribution in [0, 0.1) is 5.92 Å². The molecule has 1 saturated carbocycles. The van der Waals surface area contributed by atoms with Gasteiger partial charge in [-0.15, -0.1) is 0 Å². The number of pyridine rings is 1. The van der Waals surface area contributed by atoms with E-state index >= 15 is 0 Å². The van der Waals surface area contributed by atoms with Crippen molar-refractivity contribution in [2.24, 2.45) is 5.92 Å². The van der Waals surface area contributed by atoms with E-state index in [1.165, 1.54) is 19.3 Å². The smallest absolute Gasteiger partial charge is 0.318 e. The van der Waals surface area contributed by atoms with E-state index in [-0.39, 0.29) is 12.1 Å². The van der Waals surface area contributed by atoms with Crippen LogP contribution < -0.4 is 5.32 Å². The summed E-state index contributed by atoms with van der Waals surface area (Å²) in [5.74, 6) is 0.731. The highest BCUT2D eigenvalue weighted by Crippen LogP contribution is 2.37. The number of piperidine rings is 1. The average molecular weight is 321 g/mol. The van der Waals surface area contributed by atoms with Gasteiger partial charge in [0.1, 0.15) is 0 Å². The summed E-state index contributed by atoms with van der Waals surface area (Å²) in [6.45, 7) is 2.98. The Bertz CT molecular complexity index is 713. The van der Waals surface area contributed by atoms with E-state index in [0.29, 0.717) is 6.04 Å². The summed E-state index contributed by atoms with van der Waals surface area (Å²) in [4.78, 5) is 18.7. The maximum Gasteiger partial charge on any atom is 0.318 e. The maximum absolute atomic E-state index is 12.5. The van der Waals surface area contributed by atoms with Gasteiger partial charge in [0.25, 0.3) is 0 Å². The van der Waals surface area contributed by atoms with Crippen LogP contribution in [0.2, 0.25) is 0 Å². The predicted octanol–water partition coefficient (Wildman–Crippen LogP) is 4.00. The van der Waals surface area contributed by atoms with Crippen LogP contribution in [-0.4, -0.2) is 28.5 Å². The highest BCUT2D eigenvalue weighted by atomic mass is 16.2. The number of nitrogens with zero attached hydrogens (tertiary/aromatic N) is 2. The topological polar surface area (TPSA) is 45.2 Å². The van der Waals surface area contributed by atoms with Gasteiger partial charge in [-0.1, -0.05) is 30.3 Å². The Morgan fingerprint density at radius 2 is 2.04 bits per heavy atom. The predicted molar refractivity (Wildman–Crippen MR) is 94.5 cm³/mol. The van der Waals surface area contributed by atoms with Crippen molar-refractivity contribution in [1.29, 1.82) is 0 Å². The van der Waals surface area contributed by atoms with E-state index in [1.807, 2.05) is 24.1 Å². The molecule has 4 rings (SSSR count). The monoisotopic (exact) mass is 321 g/mol. The quantitative estimate of drug-likeness (QED) is 0.928. The Balaban J connectivity index is 1.41. The van der Waals surface area contributed by atoms with Gasteiger partial charge in [0.05, 0.1) is 6.04 Å². The second-order valence-electron chi connectivity index (χ2n) is 7.02. The molecule has 2 aliphatic rings. The van der Waals surface area contributed by atoms with Gasteiger partial charge >= 0.3 is 6.03 Å². The lowest BCUT2D eigenvalue weighted by molar-refractivity contribution is 0.178. The van der Waals surface area contributed by atoms with E-state index < -0.39 is 0 Å². The fourth-order valence-corrected chi connectivity index (χ4v) is 4.02. The minimum Gasteiger partial charge on any atom is -0.331 e. The number of aromatic nitrogens is 1. The summed E-state index contributed by atoms with van der Waals surface area (Å²) in [7, 11) is 0. The van der Waals surface area contributed by atoms with Crippen LogP contribution in [0.3, 0.4) is 0 Å². The van der Waals surface area contributed by atoms with E-state index in [9.17, 15) is 4.79 Å². The average Bonchev–Trinajstić information content (AvgIpc) is 3.26. The fraction of sp³-hybridized carbons (Fsp3) is 0.400. The third-order valence-electron chi connectivity index (χ3n) is 5.42. The Morgan fingerprint density at radius 1 is 1.21 bits per heavy atom. The van der Waals surface area contributed by atoms with Gasteiger partial charge in [0.15, 0.2) is 0 Å². The number of fused-ring (bicyclic) bond motifs is 2. The molecule has 2 fully saturated rings. The second kappa shape index (κ2) is 6.27. The largest absolute Gasteiger partial charge is 0.331 e. The van der Waals surface area contributed by atoms with Crippen molar-refractivity contribution in [3.05, 3.63) is 54.4 Å². The standard InChI is InChI=1S/C20H23N3O/c1-14(22-20(24)23-13-15-4-9-19(23)11-15)16-5-7-17(8-6-16)18-3-2-10-21-12-18/h2-3,5-8,10,12,14-15,19H,4,9,11,13H2,1H3,(H,22,24)/t14-,15+,19+/m0/s1. The molecule has 2 bridgehead atoms. The molecule has 1 aromatic heterocycles. The van der Waals surface area contributed by atoms with Crippen LogP contribution >= 0.6 is 0 Å². The molecule has 1 N–H and O–H groups in total. The molecule has 1 aromatic carbocycles. The molecule has 1 saturated heterocycles. The van der Waals surface area contributed by atoms with Gasteiger partial charge in [-0.05, 0) is 54.9 Å². The Hall–Kier alpha value is -2.36. The number of benzene rings is 1. The van der Waals surface area contributed by atoms with E-state index in [4.69, 9.17) is 0 Å². The summed E-state index contributed by atoms with van der Waals surface area (Å²) in [6.07, 6.45) is 7.30. The molecule has 124 valence electrons. The lowest BCUT2D eigenvalue weighted by Gasteiger charge is -2.28. The van der Waals surface area contributed by atoms with Gasteiger partial charge in [0.2, 0.25) is 0 Å². The zero-order chi connectivity index (χ0) is 16.5. The highest BCUT2D eigenvalue weighted by Gasteiger charge is 2.40. The Morgan fingerprint density at radius 3 is 2.67 bits per heavy atom. The normalized spacial score (nSPS) is 23.3. The SMILES string of the molecule is C[C@H](NC(=O)N1C[C@@H]2CC[C@@H]1C2)c1ccc(-c2cccnc2)cc1. The molecule has 1 aliphatic carbocycles. The van der Waals surface area contributed by atoms with E-state index in [0.717, 1.165) is 29.2 Å². The third kappa shape index (κ3) is 2.88. The minimum atomic E-state index is 0.0135. The van der Waals surface area contributed by atoms with Crippen molar-refractivity contribution in [1.82, 2.24) is 15.2 Å². The number of urea groups is 1. The summed E-state index contributed by atoms with van der Waals surface area (Å²) >= 11 is 0. The molecule has 1 aliphatic heterocycles. The van der Waals surface area contributed by atoms with Gasteiger partial charge in [0, 0.05) is 25.0 Å². The van der Waals surface area contributed by atoms with Crippen LogP contribution in [0.4, 0.5) is 4.79 Å². The zero-order valence-electron chi connectivity index (χ0n) is 14.0. The summed E-state index contributed by atoms with van der Waals surface area (Å²) < 4.78 is 0.